The molecule has 1 saturated heterocycles. The van der Waals surface area contributed by atoms with E-state index in [0.29, 0.717) is 17.9 Å². The van der Waals surface area contributed by atoms with Gasteiger partial charge in [-0.05, 0) is 56.1 Å². The quantitative estimate of drug-likeness (QED) is 0.433. The molecule has 0 radical (unpaired) electrons. The van der Waals surface area contributed by atoms with Crippen molar-refractivity contribution in [1.82, 2.24) is 19.8 Å². The third-order valence-electron chi connectivity index (χ3n) is 6.39. The Morgan fingerprint density at radius 1 is 1.03 bits per heavy atom. The predicted octanol–water partition coefficient (Wildman–Crippen LogP) is 2.61. The van der Waals surface area contributed by atoms with Gasteiger partial charge >= 0.3 is 0 Å². The normalized spacial score (nSPS) is 15.0. The molecule has 1 amide bonds. The molecule has 0 unspecified atom stereocenters. The molecule has 35 heavy (non-hydrogen) atoms. The van der Waals surface area contributed by atoms with Gasteiger partial charge in [-0.2, -0.15) is 0 Å². The zero-order valence-corrected chi connectivity index (χ0v) is 21.4. The molecule has 2 heterocycles. The molecule has 0 atom stereocenters. The lowest BCUT2D eigenvalue weighted by molar-refractivity contribution is -0.121. The van der Waals surface area contributed by atoms with Crippen molar-refractivity contribution in [3.63, 3.8) is 0 Å². The minimum absolute atomic E-state index is 0.0618. The number of hydrogen-bond acceptors (Lipinski definition) is 6. The number of sulfone groups is 1. The summed E-state index contributed by atoms with van der Waals surface area (Å²) in [6.07, 6.45) is 3.11. The van der Waals surface area contributed by atoms with Gasteiger partial charge in [-0.1, -0.05) is 24.3 Å². The average Bonchev–Trinajstić information content (AvgIpc) is 3.14. The molecule has 1 N–H and O–H groups in total. The maximum Gasteiger partial charge on any atom is 0.240 e. The number of rotatable bonds is 10. The van der Waals surface area contributed by atoms with Crippen LogP contribution in [0, 0.1) is 6.92 Å². The van der Waals surface area contributed by atoms with Crippen molar-refractivity contribution in [3.8, 4) is 0 Å². The zero-order valence-electron chi connectivity index (χ0n) is 20.6. The third-order valence-corrected chi connectivity index (χ3v) is 7.17. The summed E-state index contributed by atoms with van der Waals surface area (Å²) in [5, 5.41) is 2.98. The molecule has 0 saturated carbocycles. The number of unbranched alkanes of at least 4 members (excludes halogenated alkanes) is 1. The van der Waals surface area contributed by atoms with Crippen molar-refractivity contribution in [1.29, 1.82) is 0 Å². The van der Waals surface area contributed by atoms with E-state index in [0.717, 1.165) is 51.1 Å². The van der Waals surface area contributed by atoms with Crippen molar-refractivity contribution in [2.45, 2.75) is 32.1 Å². The SMILES string of the molecule is Cc1cccc(N2CCN(CCCCNC(=O)Cn3c(CS(C)(=O)=O)nc4ccccc43)CC2)c1. The molecule has 8 nitrogen and oxygen atoms in total. The molecule has 188 valence electrons. The van der Waals surface area contributed by atoms with E-state index in [1.807, 2.05) is 24.3 Å². The first kappa shape index (κ1) is 25.2. The van der Waals surface area contributed by atoms with Gasteiger partial charge in [0.05, 0.1) is 11.0 Å². The highest BCUT2D eigenvalue weighted by molar-refractivity contribution is 7.89. The van der Waals surface area contributed by atoms with Gasteiger partial charge in [0.25, 0.3) is 0 Å². The van der Waals surface area contributed by atoms with Crippen LogP contribution in [0.1, 0.15) is 24.2 Å². The van der Waals surface area contributed by atoms with E-state index in [-0.39, 0.29) is 18.2 Å². The second kappa shape index (κ2) is 11.2. The second-order valence-electron chi connectivity index (χ2n) is 9.40. The summed E-state index contributed by atoms with van der Waals surface area (Å²) in [6.45, 7) is 8.01. The lowest BCUT2D eigenvalue weighted by Crippen LogP contribution is -2.46. The van der Waals surface area contributed by atoms with Gasteiger partial charge in [0.15, 0.2) is 9.84 Å². The number of carbonyl (C=O) groups excluding carboxylic acids is 1. The monoisotopic (exact) mass is 497 g/mol. The number of para-hydroxylation sites is 2. The minimum atomic E-state index is -3.26. The number of benzene rings is 2. The van der Waals surface area contributed by atoms with Crippen LogP contribution in [0.2, 0.25) is 0 Å². The van der Waals surface area contributed by atoms with Crippen LogP contribution in [0.25, 0.3) is 11.0 Å². The number of piperazine rings is 1. The summed E-state index contributed by atoms with van der Waals surface area (Å²) in [4.78, 5) is 22.0. The number of imidazole rings is 1. The van der Waals surface area contributed by atoms with E-state index in [1.165, 1.54) is 17.5 Å². The maximum atomic E-state index is 12.6. The average molecular weight is 498 g/mol. The van der Waals surface area contributed by atoms with Gasteiger partial charge in [0, 0.05) is 44.7 Å². The molecule has 3 aromatic rings. The van der Waals surface area contributed by atoms with E-state index in [2.05, 4.69) is 51.3 Å². The second-order valence-corrected chi connectivity index (χ2v) is 11.5. The summed E-state index contributed by atoms with van der Waals surface area (Å²) >= 11 is 0. The molecule has 0 bridgehead atoms. The molecule has 1 aromatic heterocycles. The molecule has 2 aromatic carbocycles. The fourth-order valence-corrected chi connectivity index (χ4v) is 5.28. The number of carbonyl (C=O) groups is 1. The summed E-state index contributed by atoms with van der Waals surface area (Å²) in [7, 11) is -3.26. The molecule has 1 fully saturated rings. The van der Waals surface area contributed by atoms with Crippen LogP contribution >= 0.6 is 0 Å². The molecular formula is C26H35N5O3S. The molecule has 0 aliphatic carbocycles. The van der Waals surface area contributed by atoms with Crippen molar-refractivity contribution in [2.24, 2.45) is 0 Å². The maximum absolute atomic E-state index is 12.6. The fraction of sp³-hybridized carbons (Fsp3) is 0.462. The first-order valence-electron chi connectivity index (χ1n) is 12.2. The lowest BCUT2D eigenvalue weighted by atomic mass is 10.2. The van der Waals surface area contributed by atoms with Gasteiger partial charge in [-0.25, -0.2) is 13.4 Å². The minimum Gasteiger partial charge on any atom is -0.369 e. The van der Waals surface area contributed by atoms with Gasteiger partial charge < -0.3 is 14.8 Å². The molecule has 9 heteroatoms. The third kappa shape index (κ3) is 7.05. The summed E-state index contributed by atoms with van der Waals surface area (Å²) < 4.78 is 25.4. The molecule has 1 aliphatic heterocycles. The number of fused-ring (bicyclic) bond motifs is 1. The molecule has 1 aliphatic rings. The number of hydrogen-bond donors (Lipinski definition) is 1. The number of amides is 1. The fourth-order valence-electron chi connectivity index (χ4n) is 4.59. The Balaban J connectivity index is 1.20. The molecule has 0 spiro atoms. The van der Waals surface area contributed by atoms with Crippen LogP contribution in [-0.4, -0.2) is 74.3 Å². The van der Waals surface area contributed by atoms with Crippen LogP contribution in [-0.2, 0) is 26.9 Å². The Morgan fingerprint density at radius 2 is 1.80 bits per heavy atom. The Labute approximate surface area is 207 Å². The van der Waals surface area contributed by atoms with E-state index < -0.39 is 9.84 Å². The highest BCUT2D eigenvalue weighted by atomic mass is 32.2. The van der Waals surface area contributed by atoms with Gasteiger partial charge in [-0.3, -0.25) is 9.69 Å². The number of nitrogens with one attached hydrogen (secondary N) is 1. The largest absolute Gasteiger partial charge is 0.369 e. The van der Waals surface area contributed by atoms with E-state index >= 15 is 0 Å². The highest BCUT2D eigenvalue weighted by Gasteiger charge is 2.18. The number of aromatic nitrogens is 2. The smallest absolute Gasteiger partial charge is 0.240 e. The van der Waals surface area contributed by atoms with Crippen molar-refractivity contribution >= 4 is 32.5 Å². The summed E-state index contributed by atoms with van der Waals surface area (Å²) in [5.74, 6) is 0.0786. The summed E-state index contributed by atoms with van der Waals surface area (Å²) in [5.41, 5.74) is 4.06. The Bertz CT molecular complexity index is 1260. The topological polar surface area (TPSA) is 87.5 Å². The summed E-state index contributed by atoms with van der Waals surface area (Å²) in [6, 6.07) is 16.1. The van der Waals surface area contributed by atoms with Crippen LogP contribution in [0.5, 0.6) is 0 Å². The number of anilines is 1. The van der Waals surface area contributed by atoms with E-state index in [4.69, 9.17) is 0 Å². The molecular weight excluding hydrogens is 462 g/mol. The van der Waals surface area contributed by atoms with Crippen LogP contribution in [0.15, 0.2) is 48.5 Å². The number of aryl methyl sites for hydroxylation is 1. The predicted molar refractivity (Wildman–Crippen MR) is 140 cm³/mol. The Kier molecular flexibility index (Phi) is 8.07. The van der Waals surface area contributed by atoms with Crippen molar-refractivity contribution < 1.29 is 13.2 Å². The number of nitrogens with zero attached hydrogens (tertiary/aromatic N) is 4. The highest BCUT2D eigenvalue weighted by Crippen LogP contribution is 2.19. The van der Waals surface area contributed by atoms with Crippen molar-refractivity contribution in [2.75, 3.05) is 50.4 Å². The van der Waals surface area contributed by atoms with Crippen LogP contribution in [0.4, 0.5) is 5.69 Å². The first-order chi connectivity index (χ1) is 16.8. The Hall–Kier alpha value is -2.91. The zero-order chi connectivity index (χ0) is 24.8. The van der Waals surface area contributed by atoms with E-state index in [1.54, 1.807) is 4.57 Å². The van der Waals surface area contributed by atoms with Crippen LogP contribution < -0.4 is 10.2 Å². The van der Waals surface area contributed by atoms with Gasteiger partial charge in [0.1, 0.15) is 18.1 Å². The molecule has 4 rings (SSSR count). The van der Waals surface area contributed by atoms with Gasteiger partial charge in [-0.15, -0.1) is 0 Å². The first-order valence-corrected chi connectivity index (χ1v) is 14.3. The van der Waals surface area contributed by atoms with E-state index in [9.17, 15) is 13.2 Å². The lowest BCUT2D eigenvalue weighted by Gasteiger charge is -2.36. The van der Waals surface area contributed by atoms with Crippen LogP contribution in [0.3, 0.4) is 0 Å². The van der Waals surface area contributed by atoms with Crippen molar-refractivity contribution in [3.05, 3.63) is 59.9 Å². The standard InChI is InChI=1S/C26H35N5O3S/c1-21-8-7-9-22(18-21)30-16-14-29(15-17-30)13-6-5-12-27-26(32)19-31-24-11-4-3-10-23(24)28-25(31)20-35(2,33)34/h3-4,7-11,18H,5-6,12-17,19-20H2,1-2H3,(H,27,32). The Morgan fingerprint density at radius 3 is 2.54 bits per heavy atom. The van der Waals surface area contributed by atoms with Gasteiger partial charge in [0.2, 0.25) is 5.91 Å².